The molecular formula is C26H23F3N6O2. The molecule has 0 spiro atoms. The molecule has 11 heteroatoms. The first-order chi connectivity index (χ1) is 17.9. The molecule has 2 saturated heterocycles. The summed E-state index contributed by atoms with van der Waals surface area (Å²) < 4.78 is 44.7. The molecule has 8 nitrogen and oxygen atoms in total. The molecule has 0 saturated carbocycles. The first kappa shape index (κ1) is 23.3. The Balaban J connectivity index is 1.35. The molecule has 0 bridgehead atoms. The summed E-state index contributed by atoms with van der Waals surface area (Å²) in [6.07, 6.45) is 4.16. The number of nitrogens with zero attached hydrogens (tertiary/aromatic N) is 5. The summed E-state index contributed by atoms with van der Waals surface area (Å²) in [7, 11) is 0. The average molecular weight is 509 g/mol. The van der Waals surface area contributed by atoms with Gasteiger partial charge in [0.1, 0.15) is 17.3 Å². The van der Waals surface area contributed by atoms with E-state index >= 15 is 0 Å². The molecule has 6 rings (SSSR count). The topological polar surface area (TPSA) is 86.0 Å². The lowest BCUT2D eigenvalue weighted by atomic mass is 9.93. The number of likely N-dealkylation sites (tertiary alicyclic amines) is 1. The molecule has 2 N–H and O–H groups in total. The fraction of sp³-hybridized carbons (Fsp3) is 0.269. The molecular weight excluding hydrogens is 485 g/mol. The third kappa shape index (κ3) is 4.14. The number of benzene rings is 2. The van der Waals surface area contributed by atoms with Gasteiger partial charge in [0.25, 0.3) is 0 Å². The molecule has 1 unspecified atom stereocenters. The maximum atomic E-state index is 14.7. The fourth-order valence-corrected chi connectivity index (χ4v) is 5.05. The number of β-amino-alcohol motifs (C(OH)–C–C–N with tert-alkyl or cyclic N) is 1. The minimum Gasteiger partial charge on any atom is -0.389 e. The standard InChI is InChI=1S/C26H23F3N6O2/c27-15-6-7-17(18-3-1-4-20(28)24(18)29)19(11-15)22-5-2-9-34(22)23-8-10-35-25(32-23)21(12-30-35)31-26(37)33-13-16(36)14-33/h1,3-4,6-8,10-12,16,22,36H,2,5,9,13-14H2,(H,31,37). The first-order valence-corrected chi connectivity index (χ1v) is 12.0. The lowest BCUT2D eigenvalue weighted by molar-refractivity contribution is 0.0309. The lowest BCUT2D eigenvalue weighted by Crippen LogP contribution is -2.54. The zero-order valence-corrected chi connectivity index (χ0v) is 19.6. The van der Waals surface area contributed by atoms with Gasteiger partial charge in [0.15, 0.2) is 17.3 Å². The largest absolute Gasteiger partial charge is 0.389 e. The Morgan fingerprint density at radius 2 is 1.92 bits per heavy atom. The third-order valence-electron chi connectivity index (χ3n) is 6.91. The van der Waals surface area contributed by atoms with E-state index < -0.39 is 23.6 Å². The van der Waals surface area contributed by atoms with Gasteiger partial charge in [-0.3, -0.25) is 0 Å². The smallest absolute Gasteiger partial charge is 0.322 e. The van der Waals surface area contributed by atoms with Gasteiger partial charge in [-0.2, -0.15) is 5.10 Å². The van der Waals surface area contributed by atoms with E-state index in [0.717, 1.165) is 12.5 Å². The molecule has 1 atom stereocenters. The van der Waals surface area contributed by atoms with E-state index in [1.54, 1.807) is 12.3 Å². The van der Waals surface area contributed by atoms with Gasteiger partial charge < -0.3 is 20.2 Å². The number of amides is 2. The quantitative estimate of drug-likeness (QED) is 0.428. The van der Waals surface area contributed by atoms with Crippen LogP contribution in [0, 0.1) is 17.5 Å². The van der Waals surface area contributed by atoms with E-state index in [1.165, 1.54) is 45.9 Å². The van der Waals surface area contributed by atoms with E-state index in [2.05, 4.69) is 10.4 Å². The Kier molecular flexibility index (Phi) is 5.71. The molecule has 2 aromatic carbocycles. The number of carbonyl (C=O) groups is 1. The van der Waals surface area contributed by atoms with Crippen molar-refractivity contribution in [2.75, 3.05) is 29.9 Å². The van der Waals surface area contributed by atoms with Crippen molar-refractivity contribution in [1.29, 1.82) is 0 Å². The lowest BCUT2D eigenvalue weighted by Gasteiger charge is -2.35. The molecule has 2 aliphatic heterocycles. The number of urea groups is 1. The van der Waals surface area contributed by atoms with Crippen LogP contribution in [0.2, 0.25) is 0 Å². The minimum absolute atomic E-state index is 0.0714. The van der Waals surface area contributed by atoms with Crippen LogP contribution in [0.1, 0.15) is 24.4 Å². The Labute approximate surface area is 210 Å². The highest BCUT2D eigenvalue weighted by molar-refractivity contribution is 5.93. The molecule has 190 valence electrons. The number of aliphatic hydroxyl groups is 1. The molecule has 37 heavy (non-hydrogen) atoms. The van der Waals surface area contributed by atoms with E-state index in [1.807, 2.05) is 4.90 Å². The van der Waals surface area contributed by atoms with Crippen LogP contribution in [0.15, 0.2) is 54.9 Å². The van der Waals surface area contributed by atoms with Gasteiger partial charge in [-0.1, -0.05) is 18.2 Å². The molecule has 0 aliphatic carbocycles. The normalized spacial score (nSPS) is 17.9. The SMILES string of the molecule is O=C(Nc1cnn2ccc(N3CCCC3c3cc(F)ccc3-c3cccc(F)c3F)nc12)N1CC(O)C1. The molecule has 4 heterocycles. The number of halogens is 3. The molecule has 4 aromatic rings. The van der Waals surface area contributed by atoms with E-state index in [-0.39, 0.29) is 30.7 Å². The van der Waals surface area contributed by atoms with E-state index in [0.29, 0.717) is 41.2 Å². The van der Waals surface area contributed by atoms with Crippen LogP contribution in [0.3, 0.4) is 0 Å². The number of aliphatic hydroxyl groups excluding tert-OH is 1. The summed E-state index contributed by atoms with van der Waals surface area (Å²) in [6.45, 7) is 1.15. The van der Waals surface area contributed by atoms with E-state index in [4.69, 9.17) is 4.98 Å². The van der Waals surface area contributed by atoms with Crippen molar-refractivity contribution in [2.24, 2.45) is 0 Å². The number of aromatic nitrogens is 3. The van der Waals surface area contributed by atoms with Gasteiger partial charge >= 0.3 is 6.03 Å². The second kappa shape index (κ2) is 9.07. The molecule has 0 radical (unpaired) electrons. The van der Waals surface area contributed by atoms with Crippen LogP contribution >= 0.6 is 0 Å². The maximum absolute atomic E-state index is 14.7. The van der Waals surface area contributed by atoms with Gasteiger partial charge in [-0.15, -0.1) is 0 Å². The van der Waals surface area contributed by atoms with Crippen LogP contribution in [0.5, 0.6) is 0 Å². The maximum Gasteiger partial charge on any atom is 0.322 e. The highest BCUT2D eigenvalue weighted by Gasteiger charge is 2.32. The number of hydrogen-bond donors (Lipinski definition) is 2. The van der Waals surface area contributed by atoms with Crippen molar-refractivity contribution in [1.82, 2.24) is 19.5 Å². The summed E-state index contributed by atoms with van der Waals surface area (Å²) in [6, 6.07) is 9.15. The van der Waals surface area contributed by atoms with Crippen molar-refractivity contribution in [2.45, 2.75) is 25.0 Å². The zero-order chi connectivity index (χ0) is 25.7. The predicted molar refractivity (Wildman–Crippen MR) is 131 cm³/mol. The van der Waals surface area contributed by atoms with Crippen LogP contribution in [-0.4, -0.2) is 56.4 Å². The Morgan fingerprint density at radius 3 is 2.73 bits per heavy atom. The highest BCUT2D eigenvalue weighted by Crippen LogP contribution is 2.41. The van der Waals surface area contributed by atoms with Crippen molar-refractivity contribution in [3.8, 4) is 11.1 Å². The van der Waals surface area contributed by atoms with Crippen molar-refractivity contribution in [3.05, 3.63) is 77.9 Å². The Bertz CT molecular complexity index is 1500. The molecule has 2 aliphatic rings. The first-order valence-electron chi connectivity index (χ1n) is 12.0. The number of hydrogen-bond acceptors (Lipinski definition) is 5. The number of nitrogens with one attached hydrogen (secondary N) is 1. The van der Waals surface area contributed by atoms with E-state index in [9.17, 15) is 23.1 Å². The predicted octanol–water partition coefficient (Wildman–Crippen LogP) is 4.36. The molecule has 2 fully saturated rings. The van der Waals surface area contributed by atoms with Gasteiger partial charge in [-0.05, 0) is 48.2 Å². The summed E-state index contributed by atoms with van der Waals surface area (Å²) in [5.74, 6) is -1.83. The van der Waals surface area contributed by atoms with Gasteiger partial charge in [0.05, 0.1) is 31.4 Å². The van der Waals surface area contributed by atoms with Crippen LogP contribution in [0.25, 0.3) is 16.8 Å². The molecule has 2 amide bonds. The highest BCUT2D eigenvalue weighted by atomic mass is 19.2. The third-order valence-corrected chi connectivity index (χ3v) is 6.91. The summed E-state index contributed by atoms with van der Waals surface area (Å²) in [5, 5.41) is 16.5. The van der Waals surface area contributed by atoms with Crippen molar-refractivity contribution >= 4 is 23.2 Å². The van der Waals surface area contributed by atoms with Gasteiger partial charge in [0.2, 0.25) is 0 Å². The number of fused-ring (bicyclic) bond motifs is 1. The van der Waals surface area contributed by atoms with Gasteiger partial charge in [0, 0.05) is 18.3 Å². The second-order valence-corrected chi connectivity index (χ2v) is 9.29. The average Bonchev–Trinajstić information content (AvgIpc) is 3.51. The minimum atomic E-state index is -0.978. The zero-order valence-electron chi connectivity index (χ0n) is 19.6. The number of carbonyl (C=O) groups excluding carboxylic acids is 1. The second-order valence-electron chi connectivity index (χ2n) is 9.29. The Hall–Kier alpha value is -4.12. The Morgan fingerprint density at radius 1 is 1.08 bits per heavy atom. The van der Waals surface area contributed by atoms with Crippen LogP contribution in [0.4, 0.5) is 29.5 Å². The molecule has 2 aromatic heterocycles. The van der Waals surface area contributed by atoms with Crippen molar-refractivity contribution < 1.29 is 23.1 Å². The summed E-state index contributed by atoms with van der Waals surface area (Å²) in [5.41, 5.74) is 1.88. The summed E-state index contributed by atoms with van der Waals surface area (Å²) in [4.78, 5) is 20.7. The number of rotatable bonds is 4. The monoisotopic (exact) mass is 508 g/mol. The van der Waals surface area contributed by atoms with Crippen LogP contribution in [-0.2, 0) is 0 Å². The summed E-state index contributed by atoms with van der Waals surface area (Å²) >= 11 is 0. The fourth-order valence-electron chi connectivity index (χ4n) is 5.05. The van der Waals surface area contributed by atoms with Crippen molar-refractivity contribution in [3.63, 3.8) is 0 Å². The van der Waals surface area contributed by atoms with Crippen LogP contribution < -0.4 is 10.2 Å². The van der Waals surface area contributed by atoms with Gasteiger partial charge in [-0.25, -0.2) is 27.5 Å². The number of anilines is 2.